The Kier molecular flexibility index (Phi) is 5.68. The van der Waals surface area contributed by atoms with Gasteiger partial charge in [-0.3, -0.25) is 0 Å². The number of ether oxygens (including phenoxy) is 1. The van der Waals surface area contributed by atoms with E-state index in [-0.39, 0.29) is 30.0 Å². The van der Waals surface area contributed by atoms with Gasteiger partial charge in [-0.05, 0) is 26.0 Å². The number of hydrogen-bond donors (Lipinski definition) is 2. The first-order valence-corrected chi connectivity index (χ1v) is 5.86. The van der Waals surface area contributed by atoms with Crippen LogP contribution >= 0.6 is 11.6 Å². The van der Waals surface area contributed by atoms with Crippen molar-refractivity contribution in [3.05, 3.63) is 29.0 Å². The minimum atomic E-state index is -0.684. The smallest absolute Gasteiger partial charge is 0.164 e. The van der Waals surface area contributed by atoms with Crippen molar-refractivity contribution in [1.82, 2.24) is 0 Å². The molecule has 5 heteroatoms. The molecule has 0 bridgehead atoms. The Morgan fingerprint density at radius 1 is 1.47 bits per heavy atom. The molecule has 0 radical (unpaired) electrons. The lowest BCUT2D eigenvalue weighted by Crippen LogP contribution is -2.26. The van der Waals surface area contributed by atoms with Gasteiger partial charge in [-0.2, -0.15) is 0 Å². The van der Waals surface area contributed by atoms with Gasteiger partial charge in [-0.1, -0.05) is 17.7 Å². The summed E-state index contributed by atoms with van der Waals surface area (Å²) in [7, 11) is 0. The lowest BCUT2D eigenvalue weighted by atomic mass is 10.3. The van der Waals surface area contributed by atoms with Crippen molar-refractivity contribution in [2.24, 2.45) is 0 Å². The Bertz CT molecular complexity index is 360. The standard InChI is InChI=1S/C12H17ClFNO2/c1-8(2)17-7-9(16)6-15-11-5-3-4-10(13)12(11)14/h3-5,8-9,15-16H,6-7H2,1-2H3. The van der Waals surface area contributed by atoms with Gasteiger partial charge in [-0.25, -0.2) is 4.39 Å². The van der Waals surface area contributed by atoms with E-state index in [2.05, 4.69) is 5.32 Å². The number of halogens is 2. The van der Waals surface area contributed by atoms with Crippen LogP contribution in [-0.2, 0) is 4.74 Å². The molecule has 1 unspecified atom stereocenters. The number of benzene rings is 1. The van der Waals surface area contributed by atoms with Crippen LogP contribution in [-0.4, -0.2) is 30.5 Å². The molecule has 0 aliphatic carbocycles. The molecule has 1 aromatic carbocycles. The highest BCUT2D eigenvalue weighted by Gasteiger charge is 2.09. The van der Waals surface area contributed by atoms with E-state index < -0.39 is 11.9 Å². The van der Waals surface area contributed by atoms with Crippen molar-refractivity contribution < 1.29 is 14.2 Å². The second-order valence-electron chi connectivity index (χ2n) is 4.02. The summed E-state index contributed by atoms with van der Waals surface area (Å²) < 4.78 is 18.7. The van der Waals surface area contributed by atoms with Crippen molar-refractivity contribution >= 4 is 17.3 Å². The zero-order valence-corrected chi connectivity index (χ0v) is 10.7. The van der Waals surface area contributed by atoms with Crippen molar-refractivity contribution in [2.45, 2.75) is 26.1 Å². The molecule has 0 spiro atoms. The first kappa shape index (κ1) is 14.2. The minimum Gasteiger partial charge on any atom is -0.389 e. The summed E-state index contributed by atoms with van der Waals surface area (Å²) in [6.45, 7) is 4.20. The van der Waals surface area contributed by atoms with E-state index in [9.17, 15) is 9.50 Å². The second kappa shape index (κ2) is 6.79. The molecule has 0 aliphatic rings. The monoisotopic (exact) mass is 261 g/mol. The van der Waals surface area contributed by atoms with Crippen molar-refractivity contribution in [1.29, 1.82) is 0 Å². The van der Waals surface area contributed by atoms with E-state index in [1.54, 1.807) is 12.1 Å². The molecule has 2 N–H and O–H groups in total. The quantitative estimate of drug-likeness (QED) is 0.827. The Balaban J connectivity index is 2.42. The fourth-order valence-corrected chi connectivity index (χ4v) is 1.41. The molecule has 96 valence electrons. The summed E-state index contributed by atoms with van der Waals surface area (Å²) in [6, 6.07) is 4.68. The molecule has 0 aromatic heterocycles. The molecular weight excluding hydrogens is 245 g/mol. The summed E-state index contributed by atoms with van der Waals surface area (Å²) in [4.78, 5) is 0. The molecule has 17 heavy (non-hydrogen) atoms. The lowest BCUT2D eigenvalue weighted by molar-refractivity contribution is 0.0112. The molecule has 0 saturated heterocycles. The van der Waals surface area contributed by atoms with Gasteiger partial charge >= 0.3 is 0 Å². The molecule has 0 heterocycles. The first-order chi connectivity index (χ1) is 8.00. The van der Waals surface area contributed by atoms with Crippen LogP contribution in [0.25, 0.3) is 0 Å². The first-order valence-electron chi connectivity index (χ1n) is 5.48. The Morgan fingerprint density at radius 2 is 2.18 bits per heavy atom. The molecule has 0 fully saturated rings. The van der Waals surface area contributed by atoms with Crippen LogP contribution in [0.3, 0.4) is 0 Å². The SMILES string of the molecule is CC(C)OCC(O)CNc1cccc(Cl)c1F. The van der Waals surface area contributed by atoms with Crippen LogP contribution in [0.5, 0.6) is 0 Å². The maximum Gasteiger partial charge on any atom is 0.164 e. The molecular formula is C12H17ClFNO2. The van der Waals surface area contributed by atoms with Gasteiger partial charge in [0.25, 0.3) is 0 Å². The summed E-state index contributed by atoms with van der Waals surface area (Å²) in [5.74, 6) is -0.508. The number of rotatable bonds is 6. The predicted octanol–water partition coefficient (Wildman–Crippen LogP) is 2.68. The third-order valence-corrected chi connectivity index (χ3v) is 2.39. The van der Waals surface area contributed by atoms with Gasteiger partial charge < -0.3 is 15.2 Å². The number of hydrogen-bond acceptors (Lipinski definition) is 3. The maximum absolute atomic E-state index is 13.5. The normalized spacial score (nSPS) is 12.8. The molecule has 1 rings (SSSR count). The summed E-state index contributed by atoms with van der Waals surface area (Å²) in [5.41, 5.74) is 0.279. The Morgan fingerprint density at radius 3 is 2.82 bits per heavy atom. The average molecular weight is 262 g/mol. The van der Waals surface area contributed by atoms with Crippen LogP contribution in [0, 0.1) is 5.82 Å². The van der Waals surface area contributed by atoms with E-state index in [4.69, 9.17) is 16.3 Å². The van der Waals surface area contributed by atoms with E-state index in [0.29, 0.717) is 0 Å². The van der Waals surface area contributed by atoms with Crippen molar-refractivity contribution in [2.75, 3.05) is 18.5 Å². The molecule has 0 amide bonds. The zero-order valence-electron chi connectivity index (χ0n) is 9.91. The summed E-state index contributed by atoms with van der Waals surface area (Å²) >= 11 is 5.63. The highest BCUT2D eigenvalue weighted by molar-refractivity contribution is 6.31. The number of nitrogens with one attached hydrogen (secondary N) is 1. The van der Waals surface area contributed by atoms with Crippen LogP contribution in [0.1, 0.15) is 13.8 Å². The van der Waals surface area contributed by atoms with Crippen LogP contribution in [0.2, 0.25) is 5.02 Å². The van der Waals surface area contributed by atoms with E-state index in [0.717, 1.165) is 0 Å². The minimum absolute atomic E-state index is 0.0583. The van der Waals surface area contributed by atoms with Crippen LogP contribution in [0.4, 0.5) is 10.1 Å². The highest BCUT2D eigenvalue weighted by atomic mass is 35.5. The molecule has 0 saturated carbocycles. The predicted molar refractivity (Wildman–Crippen MR) is 67.0 cm³/mol. The van der Waals surface area contributed by atoms with Crippen molar-refractivity contribution in [3.63, 3.8) is 0 Å². The highest BCUT2D eigenvalue weighted by Crippen LogP contribution is 2.21. The van der Waals surface area contributed by atoms with Crippen molar-refractivity contribution in [3.8, 4) is 0 Å². The summed E-state index contributed by atoms with van der Waals surface area (Å²) in [6.07, 6.45) is -0.622. The molecule has 1 atom stereocenters. The van der Waals surface area contributed by atoms with Gasteiger partial charge in [-0.15, -0.1) is 0 Å². The van der Waals surface area contributed by atoms with E-state index in [1.165, 1.54) is 6.07 Å². The fourth-order valence-electron chi connectivity index (χ4n) is 1.23. The van der Waals surface area contributed by atoms with Crippen LogP contribution in [0.15, 0.2) is 18.2 Å². The average Bonchev–Trinajstić information content (AvgIpc) is 2.28. The Labute approximate surface area is 106 Å². The van der Waals surface area contributed by atoms with E-state index >= 15 is 0 Å². The topological polar surface area (TPSA) is 41.5 Å². The fraction of sp³-hybridized carbons (Fsp3) is 0.500. The molecule has 3 nitrogen and oxygen atoms in total. The van der Waals surface area contributed by atoms with Crippen LogP contribution < -0.4 is 5.32 Å². The Hall–Kier alpha value is -0.840. The lowest BCUT2D eigenvalue weighted by Gasteiger charge is -2.15. The van der Waals surface area contributed by atoms with Gasteiger partial charge in [0.1, 0.15) is 0 Å². The van der Waals surface area contributed by atoms with Gasteiger partial charge in [0.05, 0.1) is 29.5 Å². The zero-order chi connectivity index (χ0) is 12.8. The second-order valence-corrected chi connectivity index (χ2v) is 4.43. The number of aliphatic hydroxyl groups excluding tert-OH is 1. The molecule has 0 aliphatic heterocycles. The van der Waals surface area contributed by atoms with E-state index in [1.807, 2.05) is 13.8 Å². The number of aliphatic hydroxyl groups is 1. The summed E-state index contributed by atoms with van der Waals surface area (Å²) in [5, 5.41) is 12.4. The van der Waals surface area contributed by atoms with Gasteiger partial charge in [0.2, 0.25) is 0 Å². The third-order valence-electron chi connectivity index (χ3n) is 2.10. The third kappa shape index (κ3) is 4.89. The largest absolute Gasteiger partial charge is 0.389 e. The maximum atomic E-state index is 13.5. The number of anilines is 1. The molecule has 1 aromatic rings. The van der Waals surface area contributed by atoms with Gasteiger partial charge in [0.15, 0.2) is 5.82 Å². The van der Waals surface area contributed by atoms with Gasteiger partial charge in [0, 0.05) is 6.54 Å².